The fourth-order valence-electron chi connectivity index (χ4n) is 7.89. The van der Waals surface area contributed by atoms with E-state index in [4.69, 9.17) is 15.5 Å². The average Bonchev–Trinajstić information content (AvgIpc) is 3.48. The van der Waals surface area contributed by atoms with Gasteiger partial charge in [-0.1, -0.05) is 18.2 Å². The number of nitrogens with one attached hydrogen (secondary N) is 1. The van der Waals surface area contributed by atoms with Gasteiger partial charge in [-0.2, -0.15) is 0 Å². The minimum Gasteiger partial charge on any atom is -0.494 e. The van der Waals surface area contributed by atoms with E-state index in [-0.39, 0.29) is 23.6 Å². The fourth-order valence-corrected chi connectivity index (χ4v) is 7.89. The largest absolute Gasteiger partial charge is 0.494 e. The van der Waals surface area contributed by atoms with Crippen LogP contribution in [0.4, 0.5) is 0 Å². The Kier molecular flexibility index (Phi) is 5.96. The highest BCUT2D eigenvalue weighted by atomic mass is 16.5. The Morgan fingerprint density at radius 2 is 1.85 bits per heavy atom. The van der Waals surface area contributed by atoms with Gasteiger partial charge in [-0.05, 0) is 85.0 Å². The van der Waals surface area contributed by atoms with Crippen LogP contribution in [-0.4, -0.2) is 60.6 Å². The third kappa shape index (κ3) is 4.12. The lowest BCUT2D eigenvalue weighted by molar-refractivity contribution is 0.0700. The molecular weight excluding hydrogens is 578 g/mol. The summed E-state index contributed by atoms with van der Waals surface area (Å²) < 4.78 is 10.3. The monoisotopic (exact) mass is 613 g/mol. The molecule has 3 N–H and O–H groups in total. The first-order valence-corrected chi connectivity index (χ1v) is 16.1. The molecule has 1 aliphatic heterocycles. The summed E-state index contributed by atoms with van der Waals surface area (Å²) in [7, 11) is 3.66. The number of nitrogens with zero attached hydrogens (tertiary/aromatic N) is 5. The van der Waals surface area contributed by atoms with Crippen LogP contribution < -0.4 is 16.0 Å². The molecule has 3 aromatic heterocycles. The highest BCUT2D eigenvalue weighted by Crippen LogP contribution is 2.41. The van der Waals surface area contributed by atoms with Gasteiger partial charge in [0.15, 0.2) is 5.82 Å². The number of carbonyl (C=O) groups excluding carboxylic acids is 1. The number of ether oxygens (including phenoxy) is 1. The number of aromatic nitrogens is 5. The Hall–Kier alpha value is -4.96. The summed E-state index contributed by atoms with van der Waals surface area (Å²) in [4.78, 5) is 40.3. The Bertz CT molecular complexity index is 2280. The van der Waals surface area contributed by atoms with Gasteiger partial charge in [-0.25, -0.2) is 9.97 Å². The second kappa shape index (κ2) is 10.0. The first kappa shape index (κ1) is 27.4. The topological polar surface area (TPSA) is 124 Å². The van der Waals surface area contributed by atoms with Crippen molar-refractivity contribution in [3.63, 3.8) is 0 Å². The molecular formula is C36H35N7O3. The van der Waals surface area contributed by atoms with Crippen molar-refractivity contribution in [2.75, 3.05) is 13.7 Å². The maximum Gasteiger partial charge on any atom is 0.258 e. The van der Waals surface area contributed by atoms with Crippen molar-refractivity contribution in [3.05, 3.63) is 76.8 Å². The molecule has 3 aliphatic rings. The first-order valence-electron chi connectivity index (χ1n) is 16.1. The Morgan fingerprint density at radius 1 is 1.02 bits per heavy atom. The van der Waals surface area contributed by atoms with E-state index in [1.54, 1.807) is 7.11 Å². The second-order valence-electron chi connectivity index (χ2n) is 13.3. The molecule has 9 rings (SSSR count). The van der Waals surface area contributed by atoms with Crippen molar-refractivity contribution in [1.29, 1.82) is 0 Å². The first-order chi connectivity index (χ1) is 22.4. The number of rotatable bonds is 6. The minimum atomic E-state index is -0.148. The number of benzene rings is 3. The zero-order chi connectivity index (χ0) is 31.3. The number of H-pyrrole nitrogens is 1. The van der Waals surface area contributed by atoms with Crippen LogP contribution in [0.15, 0.2) is 65.7 Å². The summed E-state index contributed by atoms with van der Waals surface area (Å²) in [6, 6.07) is 18.4. The van der Waals surface area contributed by atoms with Crippen LogP contribution in [0.3, 0.4) is 0 Å². The number of aryl methyl sites for hydroxylation is 1. The van der Waals surface area contributed by atoms with E-state index >= 15 is 0 Å². The standard InChI is InChI=1S/C36H35N7O3/c1-41-33-27(12-24(15-31(33)46-2)36(45)43-17-23-8-10-28(43)32(23)37)40-34(41)30-14-22-6-5-21(13-29(22)42(30)16-19-3-4-19)20-7-9-26-25(11-20)35(44)39-18-38-26/h5-7,9,11-15,18-19,23,28,32H,3-4,8,10,16-17,37H2,1-2H3,(H,38,39,44)/t23?,28?,32-/m1/s1. The van der Waals surface area contributed by atoms with Gasteiger partial charge in [0.25, 0.3) is 11.5 Å². The fraction of sp³-hybridized carbons (Fsp3) is 0.333. The van der Waals surface area contributed by atoms with E-state index in [2.05, 4.69) is 43.4 Å². The Labute approximate surface area is 264 Å². The predicted octanol–water partition coefficient (Wildman–Crippen LogP) is 5.08. The molecule has 6 aromatic rings. The number of imidazole rings is 1. The summed E-state index contributed by atoms with van der Waals surface area (Å²) in [5.74, 6) is 2.46. The molecule has 3 atom stereocenters. The summed E-state index contributed by atoms with van der Waals surface area (Å²) in [6.07, 6.45) is 5.92. The molecule has 10 nitrogen and oxygen atoms in total. The van der Waals surface area contributed by atoms with Crippen LogP contribution in [0.5, 0.6) is 5.75 Å². The number of fused-ring (bicyclic) bond motifs is 5. The van der Waals surface area contributed by atoms with E-state index in [9.17, 15) is 9.59 Å². The van der Waals surface area contributed by atoms with Crippen LogP contribution in [-0.2, 0) is 13.6 Å². The molecule has 4 heterocycles. The molecule has 2 aliphatic carbocycles. The maximum absolute atomic E-state index is 13.7. The van der Waals surface area contributed by atoms with Crippen molar-refractivity contribution in [3.8, 4) is 28.4 Å². The molecule has 0 spiro atoms. The lowest BCUT2D eigenvalue weighted by Gasteiger charge is -2.27. The van der Waals surface area contributed by atoms with Gasteiger partial charge in [0.2, 0.25) is 0 Å². The number of likely N-dealkylation sites (tertiary alicyclic amines) is 1. The van der Waals surface area contributed by atoms with Crippen LogP contribution >= 0.6 is 0 Å². The normalized spacial score (nSPS) is 20.8. The molecule has 1 saturated heterocycles. The van der Waals surface area contributed by atoms with E-state index < -0.39 is 0 Å². The van der Waals surface area contributed by atoms with Gasteiger partial charge in [0.05, 0.1) is 35.6 Å². The van der Waals surface area contributed by atoms with Gasteiger partial charge in [-0.3, -0.25) is 9.59 Å². The molecule has 2 bridgehead atoms. The summed E-state index contributed by atoms with van der Waals surface area (Å²) in [5.41, 5.74) is 13.3. The molecule has 10 heteroatoms. The smallest absolute Gasteiger partial charge is 0.258 e. The van der Waals surface area contributed by atoms with Gasteiger partial charge in [-0.15, -0.1) is 0 Å². The second-order valence-corrected chi connectivity index (χ2v) is 13.3. The van der Waals surface area contributed by atoms with Gasteiger partial charge >= 0.3 is 0 Å². The maximum atomic E-state index is 13.7. The van der Waals surface area contributed by atoms with Crippen LogP contribution in [0, 0.1) is 11.8 Å². The SMILES string of the molecule is COc1cc(C(=O)N2CC3CCC2[C@@H]3N)cc2nc(-c3cc4ccc(-c5ccc6nc[nH]c(=O)c6c5)cc4n3CC3CC3)n(C)c12. The quantitative estimate of drug-likeness (QED) is 0.270. The zero-order valence-corrected chi connectivity index (χ0v) is 25.9. The summed E-state index contributed by atoms with van der Waals surface area (Å²) in [6.45, 7) is 1.61. The summed E-state index contributed by atoms with van der Waals surface area (Å²) in [5, 5.41) is 1.69. The van der Waals surface area contributed by atoms with Crippen LogP contribution in [0.1, 0.15) is 36.0 Å². The lowest BCUT2D eigenvalue weighted by atomic mass is 10.0. The number of aromatic amines is 1. The van der Waals surface area contributed by atoms with Gasteiger partial charge in [0, 0.05) is 48.7 Å². The highest BCUT2D eigenvalue weighted by molar-refractivity contribution is 6.01. The molecule has 2 saturated carbocycles. The lowest BCUT2D eigenvalue weighted by Crippen LogP contribution is -2.41. The number of hydrogen-bond donors (Lipinski definition) is 2. The van der Waals surface area contributed by atoms with Crippen molar-refractivity contribution in [1.82, 2.24) is 29.0 Å². The van der Waals surface area contributed by atoms with Crippen LogP contribution in [0.25, 0.3) is 55.5 Å². The minimum absolute atomic E-state index is 0.00288. The third-order valence-corrected chi connectivity index (χ3v) is 10.6. The molecule has 46 heavy (non-hydrogen) atoms. The van der Waals surface area contributed by atoms with Crippen molar-refractivity contribution >= 4 is 38.7 Å². The molecule has 1 amide bonds. The molecule has 3 aromatic carbocycles. The molecule has 232 valence electrons. The van der Waals surface area contributed by atoms with E-state index in [1.807, 2.05) is 42.3 Å². The number of carbonyl (C=O) groups is 1. The number of nitrogens with two attached hydrogens (primary N) is 1. The number of amides is 1. The molecule has 0 radical (unpaired) electrons. The zero-order valence-electron chi connectivity index (χ0n) is 25.9. The van der Waals surface area contributed by atoms with Gasteiger partial charge < -0.3 is 29.5 Å². The van der Waals surface area contributed by atoms with Gasteiger partial charge in [0.1, 0.15) is 11.3 Å². The third-order valence-electron chi connectivity index (χ3n) is 10.6. The van der Waals surface area contributed by atoms with Crippen LogP contribution in [0.2, 0.25) is 0 Å². The number of methoxy groups -OCH3 is 1. The number of hydrogen-bond acceptors (Lipinski definition) is 6. The Morgan fingerprint density at radius 3 is 2.61 bits per heavy atom. The van der Waals surface area contributed by atoms with Crippen molar-refractivity contribution < 1.29 is 9.53 Å². The molecule has 2 unspecified atom stereocenters. The predicted molar refractivity (Wildman–Crippen MR) is 178 cm³/mol. The average molecular weight is 614 g/mol. The number of piperidine rings is 1. The summed E-state index contributed by atoms with van der Waals surface area (Å²) >= 11 is 0. The Balaban J connectivity index is 1.16. The van der Waals surface area contributed by atoms with Crippen molar-refractivity contribution in [2.45, 2.75) is 44.3 Å². The highest BCUT2D eigenvalue weighted by Gasteiger charge is 2.47. The van der Waals surface area contributed by atoms with E-state index in [0.717, 1.165) is 64.0 Å². The van der Waals surface area contributed by atoms with Crippen molar-refractivity contribution in [2.24, 2.45) is 24.6 Å². The van der Waals surface area contributed by atoms with E-state index in [0.29, 0.717) is 40.6 Å². The van der Waals surface area contributed by atoms with E-state index in [1.165, 1.54) is 19.2 Å². The molecule has 3 fully saturated rings.